The number of imidazole rings is 1. The smallest absolute Gasteiger partial charge is 0.289 e. The minimum Gasteiger partial charge on any atom is -0.394 e. The van der Waals surface area contributed by atoms with E-state index in [-0.39, 0.29) is 17.4 Å². The molecule has 2 saturated heterocycles. The second-order valence-corrected chi connectivity index (χ2v) is 11.4. The largest absolute Gasteiger partial charge is 0.394 e. The highest BCUT2D eigenvalue weighted by molar-refractivity contribution is 5.94. The number of amides is 1. The van der Waals surface area contributed by atoms with E-state index in [1.165, 1.54) is 23.7 Å². The number of nitrogens with zero attached hydrogens (tertiary/aromatic N) is 5. The molecule has 0 saturated carbocycles. The van der Waals surface area contributed by atoms with Gasteiger partial charge in [-0.1, -0.05) is 60.7 Å². The summed E-state index contributed by atoms with van der Waals surface area (Å²) in [6, 6.07) is 20.3. The van der Waals surface area contributed by atoms with Crippen LogP contribution in [0.4, 0.5) is 5.82 Å². The van der Waals surface area contributed by atoms with Crippen molar-refractivity contribution in [3.63, 3.8) is 0 Å². The fourth-order valence-electron chi connectivity index (χ4n) is 6.02. The molecule has 1 amide bonds. The monoisotopic (exact) mass is 601 g/mol. The van der Waals surface area contributed by atoms with Crippen LogP contribution in [0.2, 0.25) is 0 Å². The fraction of sp³-hybridized carbons (Fsp3) is 0.438. The minimum atomic E-state index is -1.33. The Labute approximate surface area is 255 Å². The van der Waals surface area contributed by atoms with Crippen LogP contribution in [0, 0.1) is 0 Å². The lowest BCUT2D eigenvalue weighted by molar-refractivity contribution is -0.0511. The quantitative estimate of drug-likeness (QED) is 0.152. The van der Waals surface area contributed by atoms with Gasteiger partial charge in [0.15, 0.2) is 23.2 Å². The molecule has 0 unspecified atom stereocenters. The number of carbonyl (C=O) groups excluding carboxylic acids is 1. The van der Waals surface area contributed by atoms with Crippen LogP contribution in [0.15, 0.2) is 67.0 Å². The van der Waals surface area contributed by atoms with Crippen LogP contribution in [-0.2, 0) is 4.74 Å². The summed E-state index contributed by atoms with van der Waals surface area (Å²) in [4.78, 5) is 29.4. The summed E-state index contributed by atoms with van der Waals surface area (Å²) in [7, 11) is 0. The normalized spacial score (nSPS) is 22.2. The molecule has 4 aromatic rings. The molecule has 0 spiro atoms. The summed E-state index contributed by atoms with van der Waals surface area (Å²) < 4.78 is 7.23. The standard InChI is InChI=1S/C32H39N7O5/c40-19-24-26(41)27(42)32(44-24)39-20-35-25-28(34-18-23(21-10-3-1-4-11-21)22-12-5-2-6-13-22)36-29(37-30(25)39)31(43)33-14-9-17-38-15-7-8-16-38/h1-6,10-13,20,23-24,26-27,32,40-42H,7-9,14-19H2,(H,33,43)(H,34,36,37)/t24-,26-,27+,32-/m1/s1. The number of hydrogen-bond acceptors (Lipinski definition) is 10. The number of benzene rings is 2. The van der Waals surface area contributed by atoms with Crippen molar-refractivity contribution >= 4 is 22.9 Å². The Bertz CT molecular complexity index is 1490. The van der Waals surface area contributed by atoms with Gasteiger partial charge in [-0.15, -0.1) is 0 Å². The first-order valence-electron chi connectivity index (χ1n) is 15.2. The maximum atomic E-state index is 13.3. The molecule has 2 fully saturated rings. The molecule has 232 valence electrons. The van der Waals surface area contributed by atoms with Crippen molar-refractivity contribution in [1.29, 1.82) is 0 Å². The average molecular weight is 602 g/mol. The molecule has 4 atom stereocenters. The highest BCUT2D eigenvalue weighted by Crippen LogP contribution is 2.33. The minimum absolute atomic E-state index is 0.0205. The van der Waals surface area contributed by atoms with E-state index in [0.717, 1.165) is 37.2 Å². The zero-order valence-electron chi connectivity index (χ0n) is 24.5. The van der Waals surface area contributed by atoms with Crippen molar-refractivity contribution < 1.29 is 24.9 Å². The summed E-state index contributed by atoms with van der Waals surface area (Å²) in [6.07, 6.45) is 0.0278. The highest BCUT2D eigenvalue weighted by Gasteiger charge is 2.44. The summed E-state index contributed by atoms with van der Waals surface area (Å²) >= 11 is 0. The summed E-state index contributed by atoms with van der Waals surface area (Å²) in [5.41, 5.74) is 2.87. The molecular weight excluding hydrogens is 562 g/mol. The van der Waals surface area contributed by atoms with Crippen molar-refractivity contribution in [3.8, 4) is 0 Å². The second-order valence-electron chi connectivity index (χ2n) is 11.4. The van der Waals surface area contributed by atoms with Crippen LogP contribution < -0.4 is 10.6 Å². The van der Waals surface area contributed by atoms with E-state index in [4.69, 9.17) is 4.74 Å². The number of hydrogen-bond donors (Lipinski definition) is 5. The molecule has 0 aliphatic carbocycles. The van der Waals surface area contributed by atoms with Gasteiger partial charge >= 0.3 is 0 Å². The highest BCUT2D eigenvalue weighted by atomic mass is 16.6. The van der Waals surface area contributed by atoms with Gasteiger partial charge in [-0.3, -0.25) is 9.36 Å². The number of fused-ring (bicyclic) bond motifs is 1. The van der Waals surface area contributed by atoms with Gasteiger partial charge in [0, 0.05) is 19.0 Å². The third kappa shape index (κ3) is 6.44. The van der Waals surface area contributed by atoms with Crippen LogP contribution >= 0.6 is 0 Å². The Morgan fingerprint density at radius 1 is 0.977 bits per heavy atom. The van der Waals surface area contributed by atoms with E-state index in [0.29, 0.717) is 24.4 Å². The number of carbonyl (C=O) groups is 1. The molecular formula is C32H39N7O5. The first-order chi connectivity index (χ1) is 21.5. The predicted octanol–water partition coefficient (Wildman–Crippen LogP) is 1.90. The lowest BCUT2D eigenvalue weighted by Gasteiger charge is -2.20. The van der Waals surface area contributed by atoms with Crippen LogP contribution in [0.1, 0.15) is 53.2 Å². The Morgan fingerprint density at radius 2 is 1.66 bits per heavy atom. The molecule has 4 heterocycles. The molecule has 2 aliphatic rings. The molecule has 2 aliphatic heterocycles. The molecule has 2 aromatic carbocycles. The molecule has 0 bridgehead atoms. The van der Waals surface area contributed by atoms with Crippen molar-refractivity contribution in [3.05, 3.63) is 83.9 Å². The maximum Gasteiger partial charge on any atom is 0.289 e. The fourth-order valence-corrected chi connectivity index (χ4v) is 6.02. The summed E-state index contributed by atoms with van der Waals surface area (Å²) in [6.45, 7) is 3.59. The van der Waals surface area contributed by atoms with Gasteiger partial charge in [0.25, 0.3) is 5.91 Å². The van der Waals surface area contributed by atoms with Gasteiger partial charge in [-0.05, 0) is 50.0 Å². The molecule has 5 N–H and O–H groups in total. The number of nitrogens with one attached hydrogen (secondary N) is 2. The lowest BCUT2D eigenvalue weighted by Crippen LogP contribution is -2.33. The van der Waals surface area contributed by atoms with E-state index in [9.17, 15) is 20.1 Å². The number of rotatable bonds is 12. The topological polar surface area (TPSA) is 158 Å². The van der Waals surface area contributed by atoms with Crippen LogP contribution in [0.5, 0.6) is 0 Å². The molecule has 12 heteroatoms. The predicted molar refractivity (Wildman–Crippen MR) is 164 cm³/mol. The summed E-state index contributed by atoms with van der Waals surface area (Å²) in [5.74, 6) is -0.133. The number of aliphatic hydroxyl groups is 3. The number of anilines is 1. The van der Waals surface area contributed by atoms with E-state index < -0.39 is 37.1 Å². The van der Waals surface area contributed by atoms with Crippen molar-refractivity contribution in [2.75, 3.05) is 44.6 Å². The van der Waals surface area contributed by atoms with Gasteiger partial charge in [0.2, 0.25) is 5.82 Å². The number of ether oxygens (including phenoxy) is 1. The van der Waals surface area contributed by atoms with Gasteiger partial charge < -0.3 is 35.6 Å². The Kier molecular flexibility index (Phi) is 9.43. The zero-order valence-corrected chi connectivity index (χ0v) is 24.5. The van der Waals surface area contributed by atoms with Gasteiger partial charge in [0.05, 0.1) is 12.9 Å². The molecule has 0 radical (unpaired) electrons. The first-order valence-corrected chi connectivity index (χ1v) is 15.2. The van der Waals surface area contributed by atoms with Gasteiger partial charge in [0.1, 0.15) is 18.3 Å². The van der Waals surface area contributed by atoms with Crippen LogP contribution in [-0.4, -0.2) is 103 Å². The molecule has 12 nitrogen and oxygen atoms in total. The SMILES string of the molecule is O=C(NCCCN1CCCC1)c1nc(NCC(c2ccccc2)c2ccccc2)c2ncn([C@@H]3O[C@H](CO)[C@@H](O)[C@@H]3O)c2n1. The number of aromatic nitrogens is 4. The van der Waals surface area contributed by atoms with Crippen molar-refractivity contribution in [2.24, 2.45) is 0 Å². The Hall–Kier alpha value is -3.94. The molecule has 2 aromatic heterocycles. The van der Waals surface area contributed by atoms with E-state index in [1.54, 1.807) is 0 Å². The third-order valence-corrected chi connectivity index (χ3v) is 8.43. The molecule has 44 heavy (non-hydrogen) atoms. The van der Waals surface area contributed by atoms with E-state index in [2.05, 4.69) is 54.8 Å². The third-order valence-electron chi connectivity index (χ3n) is 8.43. The lowest BCUT2D eigenvalue weighted by atomic mass is 9.91. The molecule has 6 rings (SSSR count). The van der Waals surface area contributed by atoms with E-state index >= 15 is 0 Å². The second kappa shape index (κ2) is 13.8. The van der Waals surface area contributed by atoms with Crippen LogP contribution in [0.3, 0.4) is 0 Å². The number of aliphatic hydroxyl groups excluding tert-OH is 3. The van der Waals surface area contributed by atoms with Gasteiger partial charge in [-0.2, -0.15) is 0 Å². The van der Waals surface area contributed by atoms with Crippen molar-refractivity contribution in [2.45, 2.75) is 49.7 Å². The number of likely N-dealkylation sites (tertiary alicyclic amines) is 1. The Balaban J connectivity index is 1.29. The maximum absolute atomic E-state index is 13.3. The van der Waals surface area contributed by atoms with E-state index in [1.807, 2.05) is 36.4 Å². The Morgan fingerprint density at radius 3 is 2.30 bits per heavy atom. The van der Waals surface area contributed by atoms with Crippen molar-refractivity contribution in [1.82, 2.24) is 29.7 Å². The van der Waals surface area contributed by atoms with Gasteiger partial charge in [-0.25, -0.2) is 15.0 Å². The summed E-state index contributed by atoms with van der Waals surface area (Å²) in [5, 5.41) is 37.1. The average Bonchev–Trinajstić information content (AvgIpc) is 3.80. The first kappa shape index (κ1) is 30.1. The van der Waals surface area contributed by atoms with Crippen LogP contribution in [0.25, 0.3) is 11.2 Å². The zero-order chi connectivity index (χ0) is 30.5.